The summed E-state index contributed by atoms with van der Waals surface area (Å²) >= 11 is 1.58. The standard InChI is InChI=1S/C12H18N2O3S/c15-11(16)9-1-3-12(17,4-2-9)7-13-5-10-6-14-8-18-10/h6,8-9,13,17H,1-5,7H2,(H,15,16). The number of carbonyl (C=O) groups is 1. The van der Waals surface area contributed by atoms with Crippen LogP contribution in [0.4, 0.5) is 0 Å². The molecule has 1 saturated carbocycles. The molecule has 100 valence electrons. The third kappa shape index (κ3) is 3.51. The minimum absolute atomic E-state index is 0.285. The van der Waals surface area contributed by atoms with Crippen molar-refractivity contribution in [3.8, 4) is 0 Å². The summed E-state index contributed by atoms with van der Waals surface area (Å²) < 4.78 is 0. The summed E-state index contributed by atoms with van der Waals surface area (Å²) in [4.78, 5) is 16.0. The summed E-state index contributed by atoms with van der Waals surface area (Å²) in [7, 11) is 0. The zero-order valence-electron chi connectivity index (χ0n) is 10.1. The van der Waals surface area contributed by atoms with Crippen molar-refractivity contribution in [2.24, 2.45) is 5.92 Å². The molecule has 1 fully saturated rings. The van der Waals surface area contributed by atoms with Crippen LogP contribution >= 0.6 is 11.3 Å². The largest absolute Gasteiger partial charge is 0.481 e. The van der Waals surface area contributed by atoms with Gasteiger partial charge in [-0.1, -0.05) is 0 Å². The maximum atomic E-state index is 10.8. The van der Waals surface area contributed by atoms with Crippen LogP contribution in [0.3, 0.4) is 0 Å². The maximum Gasteiger partial charge on any atom is 0.306 e. The van der Waals surface area contributed by atoms with E-state index in [9.17, 15) is 9.90 Å². The Morgan fingerprint density at radius 3 is 2.83 bits per heavy atom. The topological polar surface area (TPSA) is 82.5 Å². The molecular weight excluding hydrogens is 252 g/mol. The summed E-state index contributed by atoms with van der Waals surface area (Å²) in [5.41, 5.74) is 1.03. The van der Waals surface area contributed by atoms with Gasteiger partial charge in [-0.05, 0) is 25.7 Å². The summed E-state index contributed by atoms with van der Waals surface area (Å²) in [5.74, 6) is -1.03. The van der Waals surface area contributed by atoms with E-state index in [1.165, 1.54) is 0 Å². The van der Waals surface area contributed by atoms with Gasteiger partial charge in [0.05, 0.1) is 17.0 Å². The number of nitrogens with zero attached hydrogens (tertiary/aromatic N) is 1. The van der Waals surface area contributed by atoms with E-state index in [0.29, 0.717) is 38.8 Å². The van der Waals surface area contributed by atoms with E-state index in [1.807, 2.05) is 6.20 Å². The number of thiazole rings is 1. The molecule has 0 saturated heterocycles. The SMILES string of the molecule is O=C(O)C1CCC(O)(CNCc2cncs2)CC1. The number of hydrogen-bond donors (Lipinski definition) is 3. The van der Waals surface area contributed by atoms with Crippen LogP contribution in [0.1, 0.15) is 30.6 Å². The molecule has 6 heteroatoms. The fraction of sp³-hybridized carbons (Fsp3) is 0.667. The number of aliphatic carboxylic acids is 1. The Labute approximate surface area is 110 Å². The summed E-state index contributed by atoms with van der Waals surface area (Å²) in [6.07, 6.45) is 4.05. The van der Waals surface area contributed by atoms with E-state index in [1.54, 1.807) is 16.8 Å². The van der Waals surface area contributed by atoms with Gasteiger partial charge in [0.2, 0.25) is 0 Å². The maximum absolute atomic E-state index is 10.8. The first-order valence-corrected chi connectivity index (χ1v) is 7.00. The number of rotatable bonds is 5. The van der Waals surface area contributed by atoms with Gasteiger partial charge < -0.3 is 15.5 Å². The van der Waals surface area contributed by atoms with Crippen molar-refractivity contribution in [1.29, 1.82) is 0 Å². The van der Waals surface area contributed by atoms with Gasteiger partial charge in [-0.25, -0.2) is 0 Å². The van der Waals surface area contributed by atoms with Gasteiger partial charge in [0, 0.05) is 24.2 Å². The molecule has 0 bridgehead atoms. The third-order valence-corrected chi connectivity index (χ3v) is 4.28. The average Bonchev–Trinajstić information content (AvgIpc) is 2.82. The highest BCUT2D eigenvalue weighted by atomic mass is 32.1. The minimum Gasteiger partial charge on any atom is -0.481 e. The first kappa shape index (κ1) is 13.5. The van der Waals surface area contributed by atoms with E-state index in [4.69, 9.17) is 5.11 Å². The number of carboxylic acid groups (broad SMARTS) is 1. The molecule has 1 aromatic rings. The molecule has 0 unspecified atom stereocenters. The Morgan fingerprint density at radius 2 is 2.28 bits per heavy atom. The van der Waals surface area contributed by atoms with E-state index in [-0.39, 0.29) is 5.92 Å². The van der Waals surface area contributed by atoms with Crippen LogP contribution in [-0.2, 0) is 11.3 Å². The van der Waals surface area contributed by atoms with Crippen LogP contribution in [-0.4, -0.2) is 33.3 Å². The second-order valence-corrected chi connectivity index (χ2v) is 5.88. The van der Waals surface area contributed by atoms with Crippen LogP contribution in [0.2, 0.25) is 0 Å². The highest BCUT2D eigenvalue weighted by molar-refractivity contribution is 7.09. The fourth-order valence-electron chi connectivity index (χ4n) is 2.33. The van der Waals surface area contributed by atoms with E-state index in [0.717, 1.165) is 4.88 Å². The Kier molecular flexibility index (Phi) is 4.31. The number of carboxylic acids is 1. The molecule has 0 amide bonds. The van der Waals surface area contributed by atoms with Crippen LogP contribution in [0.25, 0.3) is 0 Å². The second-order valence-electron chi connectivity index (χ2n) is 4.91. The Bertz CT molecular complexity index is 386. The predicted octanol–water partition coefficient (Wildman–Crippen LogP) is 1.24. The number of aromatic nitrogens is 1. The predicted molar refractivity (Wildman–Crippen MR) is 68.4 cm³/mol. The van der Waals surface area contributed by atoms with Gasteiger partial charge in [0.15, 0.2) is 0 Å². The molecule has 0 aliphatic heterocycles. The van der Waals surface area contributed by atoms with Gasteiger partial charge in [0.25, 0.3) is 0 Å². The van der Waals surface area contributed by atoms with Crippen LogP contribution in [0, 0.1) is 5.92 Å². The van der Waals surface area contributed by atoms with Crippen molar-refractivity contribution in [3.05, 3.63) is 16.6 Å². The molecule has 2 rings (SSSR count). The molecule has 0 aromatic carbocycles. The van der Waals surface area contributed by atoms with Crippen LogP contribution < -0.4 is 5.32 Å². The molecule has 1 aromatic heterocycles. The summed E-state index contributed by atoms with van der Waals surface area (Å²) in [6, 6.07) is 0. The number of nitrogens with one attached hydrogen (secondary N) is 1. The van der Waals surface area contributed by atoms with E-state index < -0.39 is 11.6 Å². The third-order valence-electron chi connectivity index (χ3n) is 3.50. The molecular formula is C12H18N2O3S. The minimum atomic E-state index is -0.753. The Hall–Kier alpha value is -0.980. The first-order chi connectivity index (χ1) is 8.59. The number of hydrogen-bond acceptors (Lipinski definition) is 5. The highest BCUT2D eigenvalue weighted by Crippen LogP contribution is 2.31. The molecule has 0 atom stereocenters. The molecule has 0 radical (unpaired) electrons. The second kappa shape index (κ2) is 5.77. The number of aliphatic hydroxyl groups is 1. The smallest absolute Gasteiger partial charge is 0.306 e. The van der Waals surface area contributed by atoms with Gasteiger partial charge in [-0.2, -0.15) is 0 Å². The first-order valence-electron chi connectivity index (χ1n) is 6.12. The van der Waals surface area contributed by atoms with Crippen molar-refractivity contribution in [3.63, 3.8) is 0 Å². The zero-order chi connectivity index (χ0) is 13.0. The fourth-order valence-corrected chi connectivity index (χ4v) is 2.89. The van der Waals surface area contributed by atoms with Crippen molar-refractivity contribution < 1.29 is 15.0 Å². The van der Waals surface area contributed by atoms with Crippen LogP contribution in [0.15, 0.2) is 11.7 Å². The molecule has 0 spiro atoms. The quantitative estimate of drug-likeness (QED) is 0.750. The Balaban J connectivity index is 1.74. The lowest BCUT2D eigenvalue weighted by Gasteiger charge is -2.34. The summed E-state index contributed by atoms with van der Waals surface area (Å²) in [5, 5.41) is 22.5. The lowest BCUT2D eigenvalue weighted by Crippen LogP contribution is -2.44. The summed E-state index contributed by atoms with van der Waals surface area (Å²) in [6.45, 7) is 1.21. The highest BCUT2D eigenvalue weighted by Gasteiger charge is 2.35. The van der Waals surface area contributed by atoms with Gasteiger partial charge in [-0.3, -0.25) is 9.78 Å². The molecule has 1 aliphatic carbocycles. The molecule has 18 heavy (non-hydrogen) atoms. The molecule has 5 nitrogen and oxygen atoms in total. The lowest BCUT2D eigenvalue weighted by atomic mass is 9.79. The normalized spacial score (nSPS) is 28.2. The van der Waals surface area contributed by atoms with E-state index >= 15 is 0 Å². The zero-order valence-corrected chi connectivity index (χ0v) is 10.9. The molecule has 1 heterocycles. The average molecular weight is 270 g/mol. The monoisotopic (exact) mass is 270 g/mol. The lowest BCUT2D eigenvalue weighted by molar-refractivity contribution is -0.144. The van der Waals surface area contributed by atoms with Crippen molar-refractivity contribution in [2.45, 2.75) is 37.8 Å². The van der Waals surface area contributed by atoms with Crippen LogP contribution in [0.5, 0.6) is 0 Å². The van der Waals surface area contributed by atoms with Gasteiger partial charge >= 0.3 is 5.97 Å². The van der Waals surface area contributed by atoms with Gasteiger partial charge in [0.1, 0.15) is 0 Å². The van der Waals surface area contributed by atoms with Crippen molar-refractivity contribution in [1.82, 2.24) is 10.3 Å². The van der Waals surface area contributed by atoms with Gasteiger partial charge in [-0.15, -0.1) is 11.3 Å². The molecule has 3 N–H and O–H groups in total. The van der Waals surface area contributed by atoms with E-state index in [2.05, 4.69) is 10.3 Å². The van der Waals surface area contributed by atoms with Crippen molar-refractivity contribution in [2.75, 3.05) is 6.54 Å². The Morgan fingerprint density at radius 1 is 1.56 bits per heavy atom. The molecule has 1 aliphatic rings. The van der Waals surface area contributed by atoms with Crippen molar-refractivity contribution >= 4 is 17.3 Å².